The highest BCUT2D eigenvalue weighted by Gasteiger charge is 2.22. The van der Waals surface area contributed by atoms with Crippen molar-refractivity contribution in [3.63, 3.8) is 0 Å². The molecule has 5 nitrogen and oxygen atoms in total. The molecule has 1 aliphatic rings. The molecule has 0 aliphatic heterocycles. The molecule has 0 bridgehead atoms. The van der Waals surface area contributed by atoms with Crippen molar-refractivity contribution in [2.45, 2.75) is 32.3 Å². The molecule has 2 unspecified atom stereocenters. The lowest BCUT2D eigenvalue weighted by Crippen LogP contribution is -2.15. The Balaban J connectivity index is 1.99. The number of nitrogens with one attached hydrogen (secondary N) is 1. The van der Waals surface area contributed by atoms with Crippen LogP contribution in [0.5, 0.6) is 0 Å². The molecule has 1 aromatic rings. The van der Waals surface area contributed by atoms with E-state index in [1.54, 1.807) is 6.92 Å². The van der Waals surface area contributed by atoms with Crippen LogP contribution in [0.4, 0.5) is 11.5 Å². The quantitative estimate of drug-likeness (QED) is 0.716. The van der Waals surface area contributed by atoms with Crippen molar-refractivity contribution >= 4 is 23.1 Å². The van der Waals surface area contributed by atoms with E-state index in [1.807, 2.05) is 0 Å². The fourth-order valence-corrected chi connectivity index (χ4v) is 2.37. The Bertz CT molecular complexity index is 413. The number of aliphatic hydroxyl groups is 1. The maximum atomic E-state index is 9.44. The summed E-state index contributed by atoms with van der Waals surface area (Å²) in [6.45, 7) is 2.56. The zero-order valence-electron chi connectivity index (χ0n) is 9.78. The summed E-state index contributed by atoms with van der Waals surface area (Å²) in [6.07, 6.45) is 2.59. The fourth-order valence-electron chi connectivity index (χ4n) is 2.16. The second kappa shape index (κ2) is 5.06. The van der Waals surface area contributed by atoms with E-state index in [0.717, 1.165) is 25.8 Å². The van der Waals surface area contributed by atoms with Crippen LogP contribution in [0.1, 0.15) is 25.0 Å². The van der Waals surface area contributed by atoms with Crippen LogP contribution in [0, 0.1) is 12.8 Å². The van der Waals surface area contributed by atoms with Gasteiger partial charge in [-0.05, 0) is 43.7 Å². The van der Waals surface area contributed by atoms with Gasteiger partial charge in [-0.3, -0.25) is 0 Å². The SMILES string of the molecule is Cc1nc(Cl)nc(NCC2CCC(O)C2)c1N. The van der Waals surface area contributed by atoms with Crippen LogP contribution in [-0.2, 0) is 0 Å². The third-order valence-electron chi connectivity index (χ3n) is 3.18. The molecule has 2 rings (SSSR count). The van der Waals surface area contributed by atoms with Gasteiger partial charge in [0, 0.05) is 6.54 Å². The fraction of sp³-hybridized carbons (Fsp3) is 0.636. The van der Waals surface area contributed by atoms with Crippen molar-refractivity contribution in [1.29, 1.82) is 0 Å². The highest BCUT2D eigenvalue weighted by Crippen LogP contribution is 2.27. The number of anilines is 2. The lowest BCUT2D eigenvalue weighted by atomic mass is 10.1. The summed E-state index contributed by atoms with van der Waals surface area (Å²) in [6, 6.07) is 0. The molecule has 1 aromatic heterocycles. The van der Waals surface area contributed by atoms with Gasteiger partial charge < -0.3 is 16.2 Å². The number of nitrogen functional groups attached to an aromatic ring is 1. The van der Waals surface area contributed by atoms with Crippen molar-refractivity contribution in [1.82, 2.24) is 9.97 Å². The zero-order valence-corrected chi connectivity index (χ0v) is 10.5. The van der Waals surface area contributed by atoms with E-state index in [2.05, 4.69) is 15.3 Å². The van der Waals surface area contributed by atoms with Crippen molar-refractivity contribution in [2.24, 2.45) is 5.92 Å². The average Bonchev–Trinajstić information content (AvgIpc) is 2.67. The predicted molar refractivity (Wildman–Crippen MR) is 68.0 cm³/mol. The minimum Gasteiger partial charge on any atom is -0.394 e. The molecule has 1 aliphatic carbocycles. The van der Waals surface area contributed by atoms with Crippen LogP contribution in [0.3, 0.4) is 0 Å². The van der Waals surface area contributed by atoms with E-state index in [0.29, 0.717) is 23.1 Å². The summed E-state index contributed by atoms with van der Waals surface area (Å²) >= 11 is 5.78. The van der Waals surface area contributed by atoms with Gasteiger partial charge >= 0.3 is 0 Å². The number of hydrogen-bond acceptors (Lipinski definition) is 5. The molecule has 0 radical (unpaired) electrons. The summed E-state index contributed by atoms with van der Waals surface area (Å²) in [5.41, 5.74) is 7.08. The average molecular weight is 257 g/mol. The van der Waals surface area contributed by atoms with E-state index in [4.69, 9.17) is 17.3 Å². The minimum atomic E-state index is -0.158. The number of nitrogens with two attached hydrogens (primary N) is 1. The van der Waals surface area contributed by atoms with Gasteiger partial charge in [-0.1, -0.05) is 0 Å². The normalized spacial score (nSPS) is 23.9. The monoisotopic (exact) mass is 256 g/mol. The lowest BCUT2D eigenvalue weighted by molar-refractivity contribution is 0.178. The third-order valence-corrected chi connectivity index (χ3v) is 3.35. The predicted octanol–water partition coefficient (Wildman–Crippen LogP) is 1.59. The standard InChI is InChI=1S/C11H17ClN4O/c1-6-9(13)10(16-11(12)15-6)14-5-7-2-3-8(17)4-7/h7-8,17H,2-5,13H2,1H3,(H,14,15,16). The Morgan fingerprint density at radius 3 is 2.88 bits per heavy atom. The molecule has 17 heavy (non-hydrogen) atoms. The van der Waals surface area contributed by atoms with E-state index in [9.17, 15) is 5.11 Å². The van der Waals surface area contributed by atoms with Crippen molar-refractivity contribution in [2.75, 3.05) is 17.6 Å². The van der Waals surface area contributed by atoms with Gasteiger partial charge in [-0.2, -0.15) is 4.98 Å². The first-order valence-corrected chi connectivity index (χ1v) is 6.15. The second-order valence-electron chi connectivity index (χ2n) is 4.55. The molecule has 1 saturated carbocycles. The molecule has 0 saturated heterocycles. The van der Waals surface area contributed by atoms with Crippen LogP contribution in [0.15, 0.2) is 0 Å². The first-order valence-electron chi connectivity index (χ1n) is 5.78. The molecule has 94 valence electrons. The highest BCUT2D eigenvalue weighted by atomic mass is 35.5. The van der Waals surface area contributed by atoms with Gasteiger partial charge in [0.05, 0.1) is 17.5 Å². The number of hydrogen-bond donors (Lipinski definition) is 3. The van der Waals surface area contributed by atoms with E-state index >= 15 is 0 Å². The zero-order chi connectivity index (χ0) is 12.4. The van der Waals surface area contributed by atoms with Gasteiger partial charge in [0.15, 0.2) is 5.82 Å². The topological polar surface area (TPSA) is 84.1 Å². The number of aryl methyl sites for hydroxylation is 1. The Labute approximate surface area is 105 Å². The lowest BCUT2D eigenvalue weighted by Gasteiger charge is -2.13. The van der Waals surface area contributed by atoms with E-state index in [-0.39, 0.29) is 11.4 Å². The maximum absolute atomic E-state index is 9.44. The highest BCUT2D eigenvalue weighted by molar-refractivity contribution is 6.28. The van der Waals surface area contributed by atoms with Crippen LogP contribution in [0.25, 0.3) is 0 Å². The van der Waals surface area contributed by atoms with E-state index in [1.165, 1.54) is 0 Å². The van der Waals surface area contributed by atoms with Crippen LogP contribution < -0.4 is 11.1 Å². The molecular weight excluding hydrogens is 240 g/mol. The summed E-state index contributed by atoms with van der Waals surface area (Å²) in [4.78, 5) is 8.04. The third kappa shape index (κ3) is 2.98. The summed E-state index contributed by atoms with van der Waals surface area (Å²) in [7, 11) is 0. The molecule has 2 atom stereocenters. The molecule has 1 heterocycles. The molecular formula is C11H17ClN4O. The summed E-state index contributed by atoms with van der Waals surface area (Å²) < 4.78 is 0. The van der Waals surface area contributed by atoms with Gasteiger partial charge in [0.1, 0.15) is 0 Å². The van der Waals surface area contributed by atoms with Gasteiger partial charge in [-0.15, -0.1) is 0 Å². The molecule has 1 fully saturated rings. The Hall–Kier alpha value is -1.07. The summed E-state index contributed by atoms with van der Waals surface area (Å²) in [5.74, 6) is 1.06. The number of nitrogens with zero attached hydrogens (tertiary/aromatic N) is 2. The van der Waals surface area contributed by atoms with Crippen LogP contribution >= 0.6 is 11.6 Å². The van der Waals surface area contributed by atoms with Crippen LogP contribution in [-0.4, -0.2) is 27.7 Å². The number of aromatic nitrogens is 2. The minimum absolute atomic E-state index is 0.158. The molecule has 0 amide bonds. The van der Waals surface area contributed by atoms with E-state index < -0.39 is 0 Å². The molecule has 0 spiro atoms. The number of halogens is 1. The van der Waals surface area contributed by atoms with Gasteiger partial charge in [-0.25, -0.2) is 4.98 Å². The molecule has 4 N–H and O–H groups in total. The molecule has 0 aromatic carbocycles. The van der Waals surface area contributed by atoms with Gasteiger partial charge in [0.2, 0.25) is 5.28 Å². The Morgan fingerprint density at radius 1 is 1.47 bits per heavy atom. The van der Waals surface area contributed by atoms with Gasteiger partial charge in [0.25, 0.3) is 0 Å². The van der Waals surface area contributed by atoms with Crippen LogP contribution in [0.2, 0.25) is 5.28 Å². The van der Waals surface area contributed by atoms with Crippen molar-refractivity contribution < 1.29 is 5.11 Å². The second-order valence-corrected chi connectivity index (χ2v) is 4.89. The van der Waals surface area contributed by atoms with Crippen molar-refractivity contribution in [3.8, 4) is 0 Å². The Kier molecular flexibility index (Phi) is 3.69. The van der Waals surface area contributed by atoms with Crippen molar-refractivity contribution in [3.05, 3.63) is 11.0 Å². The molecule has 6 heteroatoms. The Morgan fingerprint density at radius 2 is 2.24 bits per heavy atom. The number of rotatable bonds is 3. The first-order chi connectivity index (χ1) is 8.06. The number of aliphatic hydroxyl groups excluding tert-OH is 1. The maximum Gasteiger partial charge on any atom is 0.224 e. The smallest absolute Gasteiger partial charge is 0.224 e. The summed E-state index contributed by atoms with van der Waals surface area (Å²) in [5, 5.41) is 12.8. The largest absolute Gasteiger partial charge is 0.394 e. The first kappa shape index (κ1) is 12.4.